The van der Waals surface area contributed by atoms with E-state index in [4.69, 9.17) is 0 Å². The van der Waals surface area contributed by atoms with E-state index < -0.39 is 22.2 Å². The summed E-state index contributed by atoms with van der Waals surface area (Å²) in [5.74, 6) is 0. The number of aryl methyl sites for hydroxylation is 2. The van der Waals surface area contributed by atoms with Crippen LogP contribution in [0.2, 0.25) is 0 Å². The molecular formula is C17H25N3O3S2. The number of rotatable bonds is 4. The molecule has 25 heavy (non-hydrogen) atoms. The molecule has 0 amide bonds. The van der Waals surface area contributed by atoms with Crippen molar-refractivity contribution in [3.05, 3.63) is 22.7 Å². The lowest BCUT2D eigenvalue weighted by atomic mass is 9.95. The Balaban J connectivity index is 1.83. The first-order valence-electron chi connectivity index (χ1n) is 8.70. The minimum absolute atomic E-state index is 0.280. The predicted molar refractivity (Wildman–Crippen MR) is 99.2 cm³/mol. The first-order chi connectivity index (χ1) is 11.9. The standard InChI is InChI=1S/C17H25N3O3S2/c1-11-9-14(19-18-11)16-10-17(12(2)24-16)25(22,23)20-13-7-5-3-4-6-8-15(13)21/h9-10,13,15,20-21H,3-8H2,1-2H3,(H,18,19)/t13-,15-/m0/s1. The first-order valence-corrected chi connectivity index (χ1v) is 11.0. The third kappa shape index (κ3) is 4.31. The molecule has 2 heterocycles. The average molecular weight is 384 g/mol. The Kier molecular flexibility index (Phi) is 5.62. The highest BCUT2D eigenvalue weighted by Gasteiger charge is 2.28. The zero-order chi connectivity index (χ0) is 18.0. The van der Waals surface area contributed by atoms with Crippen LogP contribution in [-0.2, 0) is 10.0 Å². The summed E-state index contributed by atoms with van der Waals surface area (Å²) >= 11 is 1.41. The summed E-state index contributed by atoms with van der Waals surface area (Å²) < 4.78 is 28.5. The maximum absolute atomic E-state index is 12.9. The van der Waals surface area contributed by atoms with Gasteiger partial charge in [-0.05, 0) is 38.8 Å². The molecule has 1 aliphatic carbocycles. The Labute approximate surface area is 152 Å². The van der Waals surface area contributed by atoms with Crippen molar-refractivity contribution < 1.29 is 13.5 Å². The fourth-order valence-corrected chi connectivity index (χ4v) is 6.12. The van der Waals surface area contributed by atoms with E-state index in [1.807, 2.05) is 13.0 Å². The van der Waals surface area contributed by atoms with E-state index in [-0.39, 0.29) is 4.90 Å². The lowest BCUT2D eigenvalue weighted by molar-refractivity contribution is 0.114. The molecule has 0 aliphatic heterocycles. The quantitative estimate of drug-likeness (QED) is 0.756. The molecule has 2 atom stereocenters. The zero-order valence-corrected chi connectivity index (χ0v) is 16.2. The number of hydrogen-bond acceptors (Lipinski definition) is 5. The molecule has 0 radical (unpaired) electrons. The van der Waals surface area contributed by atoms with Gasteiger partial charge in [-0.15, -0.1) is 11.3 Å². The monoisotopic (exact) mass is 383 g/mol. The van der Waals surface area contributed by atoms with Crippen molar-refractivity contribution in [2.24, 2.45) is 0 Å². The summed E-state index contributed by atoms with van der Waals surface area (Å²) in [5, 5.41) is 17.4. The molecule has 1 saturated carbocycles. The number of nitrogens with one attached hydrogen (secondary N) is 2. The molecule has 6 nitrogen and oxygen atoms in total. The summed E-state index contributed by atoms with van der Waals surface area (Å²) in [4.78, 5) is 1.83. The van der Waals surface area contributed by atoms with Crippen molar-refractivity contribution >= 4 is 21.4 Å². The van der Waals surface area contributed by atoms with Gasteiger partial charge in [-0.3, -0.25) is 5.10 Å². The van der Waals surface area contributed by atoms with Crippen molar-refractivity contribution in [2.75, 3.05) is 0 Å². The highest BCUT2D eigenvalue weighted by atomic mass is 32.2. The Hall–Kier alpha value is -1.22. The van der Waals surface area contributed by atoms with Gasteiger partial charge in [-0.2, -0.15) is 5.10 Å². The number of H-pyrrole nitrogens is 1. The van der Waals surface area contributed by atoms with E-state index in [0.29, 0.717) is 12.8 Å². The molecule has 2 aromatic heterocycles. The Morgan fingerprint density at radius 1 is 1.20 bits per heavy atom. The lowest BCUT2D eigenvalue weighted by Gasteiger charge is -2.26. The van der Waals surface area contributed by atoms with E-state index in [2.05, 4.69) is 14.9 Å². The second kappa shape index (κ2) is 7.57. The van der Waals surface area contributed by atoms with Crippen molar-refractivity contribution in [3.63, 3.8) is 0 Å². The number of aliphatic hydroxyl groups excluding tert-OH is 1. The minimum atomic E-state index is -3.67. The Morgan fingerprint density at radius 2 is 1.92 bits per heavy atom. The molecule has 1 aliphatic rings. The van der Waals surface area contributed by atoms with Gasteiger partial charge in [-0.1, -0.05) is 25.7 Å². The SMILES string of the molecule is Cc1cc(-c2cc(S(=O)(=O)N[C@H]3CCCCCC[C@@H]3O)c(C)s2)n[nH]1. The van der Waals surface area contributed by atoms with Crippen LogP contribution < -0.4 is 4.72 Å². The van der Waals surface area contributed by atoms with Gasteiger partial charge in [0.25, 0.3) is 0 Å². The van der Waals surface area contributed by atoms with Gasteiger partial charge < -0.3 is 5.11 Å². The molecule has 2 aromatic rings. The van der Waals surface area contributed by atoms with Gasteiger partial charge in [0.05, 0.1) is 15.9 Å². The van der Waals surface area contributed by atoms with Crippen LogP contribution in [0.3, 0.4) is 0 Å². The molecule has 0 aromatic carbocycles. The largest absolute Gasteiger partial charge is 0.391 e. The second-order valence-corrected chi connectivity index (χ2v) is 9.69. The van der Waals surface area contributed by atoms with Gasteiger partial charge in [0.1, 0.15) is 5.69 Å². The molecule has 0 bridgehead atoms. The Morgan fingerprint density at radius 3 is 2.60 bits per heavy atom. The number of sulfonamides is 1. The van der Waals surface area contributed by atoms with Crippen molar-refractivity contribution in [1.29, 1.82) is 0 Å². The number of aliphatic hydroxyl groups is 1. The number of hydrogen-bond donors (Lipinski definition) is 3. The van der Waals surface area contributed by atoms with E-state index in [0.717, 1.165) is 46.8 Å². The van der Waals surface area contributed by atoms with E-state index in [1.165, 1.54) is 11.3 Å². The highest BCUT2D eigenvalue weighted by molar-refractivity contribution is 7.89. The van der Waals surface area contributed by atoms with E-state index in [9.17, 15) is 13.5 Å². The van der Waals surface area contributed by atoms with Crippen LogP contribution in [-0.4, -0.2) is 35.9 Å². The second-order valence-electron chi connectivity index (χ2n) is 6.75. The van der Waals surface area contributed by atoms with Crippen LogP contribution >= 0.6 is 11.3 Å². The molecule has 3 rings (SSSR count). The normalized spacial score (nSPS) is 22.5. The van der Waals surface area contributed by atoms with Crippen LogP contribution in [0, 0.1) is 13.8 Å². The summed E-state index contributed by atoms with van der Waals surface area (Å²) in [6.45, 7) is 3.71. The van der Waals surface area contributed by atoms with Crippen LogP contribution in [0.1, 0.15) is 49.1 Å². The zero-order valence-electron chi connectivity index (χ0n) is 14.6. The summed E-state index contributed by atoms with van der Waals surface area (Å²) in [5.41, 5.74) is 1.68. The maximum atomic E-state index is 12.9. The third-order valence-corrected chi connectivity index (χ3v) is 7.47. The molecule has 0 spiro atoms. The third-order valence-electron chi connectivity index (χ3n) is 4.66. The Bertz CT molecular complexity index is 826. The number of aromatic amines is 1. The fraction of sp³-hybridized carbons (Fsp3) is 0.588. The van der Waals surface area contributed by atoms with Gasteiger partial charge in [0, 0.05) is 16.6 Å². The van der Waals surface area contributed by atoms with Crippen molar-refractivity contribution in [3.8, 4) is 10.6 Å². The molecule has 3 N–H and O–H groups in total. The van der Waals surface area contributed by atoms with Gasteiger partial charge in [0.15, 0.2) is 0 Å². The van der Waals surface area contributed by atoms with Crippen molar-refractivity contribution in [2.45, 2.75) is 69.4 Å². The average Bonchev–Trinajstić information content (AvgIpc) is 3.13. The molecule has 1 fully saturated rings. The van der Waals surface area contributed by atoms with Crippen LogP contribution in [0.4, 0.5) is 0 Å². The molecule has 138 valence electrons. The van der Waals surface area contributed by atoms with Crippen LogP contribution in [0.15, 0.2) is 17.0 Å². The van der Waals surface area contributed by atoms with Gasteiger partial charge in [-0.25, -0.2) is 13.1 Å². The van der Waals surface area contributed by atoms with E-state index in [1.54, 1.807) is 13.0 Å². The predicted octanol–water partition coefficient (Wildman–Crippen LogP) is 3.12. The number of aromatic nitrogens is 2. The van der Waals surface area contributed by atoms with Gasteiger partial charge in [0.2, 0.25) is 10.0 Å². The number of thiophene rings is 1. The molecular weight excluding hydrogens is 358 g/mol. The first kappa shape index (κ1) is 18.6. The van der Waals surface area contributed by atoms with Crippen LogP contribution in [0.5, 0.6) is 0 Å². The van der Waals surface area contributed by atoms with Crippen molar-refractivity contribution in [1.82, 2.24) is 14.9 Å². The smallest absolute Gasteiger partial charge is 0.242 e. The summed E-state index contributed by atoms with van der Waals surface area (Å²) in [6, 6.07) is 3.15. The molecule has 0 saturated heterocycles. The van der Waals surface area contributed by atoms with E-state index >= 15 is 0 Å². The highest BCUT2D eigenvalue weighted by Crippen LogP contribution is 2.33. The van der Waals surface area contributed by atoms with Crippen LogP contribution in [0.25, 0.3) is 10.6 Å². The number of nitrogens with zero attached hydrogens (tertiary/aromatic N) is 1. The van der Waals surface area contributed by atoms with Gasteiger partial charge >= 0.3 is 0 Å². The fourth-order valence-electron chi connectivity index (χ4n) is 3.27. The minimum Gasteiger partial charge on any atom is -0.391 e. The summed E-state index contributed by atoms with van der Waals surface area (Å²) in [6.07, 6.45) is 4.77. The molecule has 8 heteroatoms. The lowest BCUT2D eigenvalue weighted by Crippen LogP contribution is -2.43. The summed E-state index contributed by atoms with van der Waals surface area (Å²) in [7, 11) is -3.67. The molecule has 0 unspecified atom stereocenters. The topological polar surface area (TPSA) is 95.1 Å². The maximum Gasteiger partial charge on any atom is 0.242 e.